The highest BCUT2D eigenvalue weighted by atomic mass is 35.5. The summed E-state index contributed by atoms with van der Waals surface area (Å²) < 4.78 is 11.4. The molecule has 1 aromatic carbocycles. The first-order chi connectivity index (χ1) is 7.06. The molecule has 0 aliphatic heterocycles. The summed E-state index contributed by atoms with van der Waals surface area (Å²) in [4.78, 5) is 11.5. The van der Waals surface area contributed by atoms with E-state index in [-0.39, 0.29) is 5.91 Å². The molecule has 1 aromatic rings. The molecule has 3 nitrogen and oxygen atoms in total. The van der Waals surface area contributed by atoms with Crippen molar-refractivity contribution in [3.05, 3.63) is 35.9 Å². The van der Waals surface area contributed by atoms with Gasteiger partial charge in [0, 0.05) is 6.26 Å². The fourth-order valence-corrected chi connectivity index (χ4v) is 2.36. The Bertz CT molecular complexity index is 431. The number of carbonyl (C=O) groups excluding carboxylic acids is 1. The quantitative estimate of drug-likeness (QED) is 0.828. The van der Waals surface area contributed by atoms with Crippen LogP contribution < -0.4 is 5.32 Å². The molecule has 1 unspecified atom stereocenters. The third-order valence-corrected chi connectivity index (χ3v) is 3.14. The standard InChI is InChI=1S/C10H10ClNO2S/c1-3-9(13)12-8-6-4-5-7(11)10(8)15(2)14/h3-6H,1H2,2H3,(H,12,13). The predicted octanol–water partition coefficient (Wildman–Crippen LogP) is 2.20. The van der Waals surface area contributed by atoms with E-state index < -0.39 is 10.8 Å². The van der Waals surface area contributed by atoms with Crippen molar-refractivity contribution in [3.63, 3.8) is 0 Å². The number of rotatable bonds is 3. The third-order valence-electron chi connectivity index (χ3n) is 1.70. The van der Waals surface area contributed by atoms with Crippen molar-refractivity contribution < 1.29 is 9.00 Å². The Balaban J connectivity index is 3.17. The van der Waals surface area contributed by atoms with Crippen LogP contribution in [0.1, 0.15) is 0 Å². The molecule has 1 N–H and O–H groups in total. The molecule has 1 amide bonds. The first kappa shape index (κ1) is 11.9. The van der Waals surface area contributed by atoms with Crippen LogP contribution in [0.2, 0.25) is 5.02 Å². The largest absolute Gasteiger partial charge is 0.321 e. The lowest BCUT2D eigenvalue weighted by atomic mass is 10.3. The van der Waals surface area contributed by atoms with E-state index in [1.54, 1.807) is 18.2 Å². The second kappa shape index (κ2) is 5.09. The minimum atomic E-state index is -1.25. The Morgan fingerprint density at radius 3 is 2.80 bits per heavy atom. The summed E-state index contributed by atoms with van der Waals surface area (Å²) >= 11 is 5.88. The van der Waals surface area contributed by atoms with Crippen LogP contribution in [0, 0.1) is 0 Å². The lowest BCUT2D eigenvalue weighted by Crippen LogP contribution is -2.09. The number of nitrogens with one attached hydrogen (secondary N) is 1. The van der Waals surface area contributed by atoms with Crippen molar-refractivity contribution in [3.8, 4) is 0 Å². The summed E-state index contributed by atoms with van der Waals surface area (Å²) in [5.41, 5.74) is 0.452. The fraction of sp³-hybridized carbons (Fsp3) is 0.100. The van der Waals surface area contributed by atoms with Gasteiger partial charge in [0.2, 0.25) is 5.91 Å². The average Bonchev–Trinajstić information content (AvgIpc) is 2.17. The molecule has 0 radical (unpaired) electrons. The van der Waals surface area contributed by atoms with Crippen LogP contribution in [-0.2, 0) is 15.6 Å². The zero-order valence-corrected chi connectivity index (χ0v) is 9.69. The molecule has 0 saturated carbocycles. The van der Waals surface area contributed by atoms with E-state index in [1.165, 1.54) is 6.26 Å². The Morgan fingerprint density at radius 2 is 2.27 bits per heavy atom. The molecule has 1 rings (SSSR count). The minimum Gasteiger partial charge on any atom is -0.321 e. The van der Waals surface area contributed by atoms with Gasteiger partial charge < -0.3 is 5.32 Å². The predicted molar refractivity (Wildman–Crippen MR) is 62.6 cm³/mol. The van der Waals surface area contributed by atoms with Crippen LogP contribution in [0.3, 0.4) is 0 Å². The van der Waals surface area contributed by atoms with E-state index in [9.17, 15) is 9.00 Å². The average molecular weight is 244 g/mol. The van der Waals surface area contributed by atoms with Gasteiger partial charge in [-0.1, -0.05) is 24.2 Å². The summed E-state index contributed by atoms with van der Waals surface area (Å²) in [6, 6.07) is 4.95. The summed E-state index contributed by atoms with van der Waals surface area (Å²) in [5, 5.41) is 2.92. The van der Waals surface area contributed by atoms with Crippen LogP contribution in [-0.4, -0.2) is 16.4 Å². The minimum absolute atomic E-state index is 0.357. The zero-order valence-electron chi connectivity index (χ0n) is 8.12. The van der Waals surface area contributed by atoms with Gasteiger partial charge in [-0.05, 0) is 18.2 Å². The summed E-state index contributed by atoms with van der Waals surface area (Å²) in [5.74, 6) is -0.357. The first-order valence-corrected chi connectivity index (χ1v) is 6.05. The molecular weight excluding hydrogens is 234 g/mol. The molecule has 15 heavy (non-hydrogen) atoms. The van der Waals surface area contributed by atoms with Gasteiger partial charge in [-0.2, -0.15) is 0 Å². The van der Waals surface area contributed by atoms with Crippen molar-refractivity contribution in [1.29, 1.82) is 0 Å². The number of benzene rings is 1. The highest BCUT2D eigenvalue weighted by Crippen LogP contribution is 2.27. The normalized spacial score (nSPS) is 11.9. The maximum Gasteiger partial charge on any atom is 0.247 e. The van der Waals surface area contributed by atoms with E-state index >= 15 is 0 Å². The maximum atomic E-state index is 11.4. The van der Waals surface area contributed by atoms with Gasteiger partial charge in [-0.15, -0.1) is 0 Å². The van der Waals surface area contributed by atoms with Gasteiger partial charge in [0.05, 0.1) is 26.4 Å². The molecular formula is C10H10ClNO2S. The highest BCUT2D eigenvalue weighted by molar-refractivity contribution is 7.84. The van der Waals surface area contributed by atoms with E-state index in [4.69, 9.17) is 11.6 Å². The molecule has 0 heterocycles. The molecule has 0 aliphatic rings. The van der Waals surface area contributed by atoms with E-state index in [2.05, 4.69) is 11.9 Å². The highest BCUT2D eigenvalue weighted by Gasteiger charge is 2.11. The molecule has 1 atom stereocenters. The van der Waals surface area contributed by atoms with E-state index in [1.807, 2.05) is 0 Å². The third kappa shape index (κ3) is 2.91. The molecule has 0 aromatic heterocycles. The number of halogens is 1. The van der Waals surface area contributed by atoms with Crippen molar-refractivity contribution in [1.82, 2.24) is 0 Å². The number of hydrogen-bond acceptors (Lipinski definition) is 2. The Labute approximate surface area is 95.6 Å². The van der Waals surface area contributed by atoms with Crippen LogP contribution in [0.25, 0.3) is 0 Å². The van der Waals surface area contributed by atoms with Crippen molar-refractivity contribution in [2.24, 2.45) is 0 Å². The SMILES string of the molecule is C=CC(=O)Nc1cccc(Cl)c1S(C)=O. The molecule has 5 heteroatoms. The van der Waals surface area contributed by atoms with Gasteiger partial charge in [0.1, 0.15) is 0 Å². The van der Waals surface area contributed by atoms with Gasteiger partial charge in [-0.25, -0.2) is 0 Å². The molecule has 0 saturated heterocycles. The van der Waals surface area contributed by atoms with Crippen molar-refractivity contribution in [2.45, 2.75) is 4.90 Å². The van der Waals surface area contributed by atoms with Crippen LogP contribution in [0.4, 0.5) is 5.69 Å². The number of anilines is 1. The second-order valence-corrected chi connectivity index (χ2v) is 4.49. The van der Waals surface area contributed by atoms with Crippen LogP contribution in [0.5, 0.6) is 0 Å². The molecule has 0 aliphatic carbocycles. The van der Waals surface area contributed by atoms with Crippen molar-refractivity contribution >= 4 is 34.0 Å². The molecule has 0 bridgehead atoms. The first-order valence-electron chi connectivity index (χ1n) is 4.11. The Kier molecular flexibility index (Phi) is 4.05. The number of amides is 1. The summed E-state index contributed by atoms with van der Waals surface area (Å²) in [6.45, 7) is 3.33. The second-order valence-electron chi connectivity index (χ2n) is 2.76. The van der Waals surface area contributed by atoms with Gasteiger partial charge in [-0.3, -0.25) is 9.00 Å². The number of hydrogen-bond donors (Lipinski definition) is 1. The van der Waals surface area contributed by atoms with Crippen LogP contribution in [0.15, 0.2) is 35.7 Å². The Morgan fingerprint density at radius 1 is 1.60 bits per heavy atom. The van der Waals surface area contributed by atoms with E-state index in [0.717, 1.165) is 6.08 Å². The number of carbonyl (C=O) groups is 1. The zero-order chi connectivity index (χ0) is 11.4. The lowest BCUT2D eigenvalue weighted by molar-refractivity contribution is -0.111. The fourth-order valence-electron chi connectivity index (χ4n) is 1.08. The molecule has 0 fully saturated rings. The summed E-state index contributed by atoms with van der Waals surface area (Å²) in [7, 11) is -1.25. The van der Waals surface area contributed by atoms with E-state index in [0.29, 0.717) is 15.6 Å². The van der Waals surface area contributed by atoms with Gasteiger partial charge in [0.25, 0.3) is 0 Å². The van der Waals surface area contributed by atoms with Gasteiger partial charge >= 0.3 is 0 Å². The molecule has 80 valence electrons. The smallest absolute Gasteiger partial charge is 0.247 e. The Hall–Kier alpha value is -1.13. The van der Waals surface area contributed by atoms with Crippen molar-refractivity contribution in [2.75, 3.05) is 11.6 Å². The van der Waals surface area contributed by atoms with Crippen LogP contribution >= 0.6 is 11.6 Å². The summed E-state index contributed by atoms with van der Waals surface area (Å²) in [6.07, 6.45) is 2.65. The molecule has 0 spiro atoms. The topological polar surface area (TPSA) is 46.2 Å². The van der Waals surface area contributed by atoms with Gasteiger partial charge in [0.15, 0.2) is 0 Å². The lowest BCUT2D eigenvalue weighted by Gasteiger charge is -2.08. The monoisotopic (exact) mass is 243 g/mol. The maximum absolute atomic E-state index is 11.4.